The van der Waals surface area contributed by atoms with Gasteiger partial charge in [-0.2, -0.15) is 0 Å². The quantitative estimate of drug-likeness (QED) is 0.528. The topological polar surface area (TPSA) is 106 Å². The molecule has 1 atom stereocenters. The van der Waals surface area contributed by atoms with Crippen molar-refractivity contribution in [2.45, 2.75) is 18.3 Å². The monoisotopic (exact) mass is 386 g/mol. The summed E-state index contributed by atoms with van der Waals surface area (Å²) in [5.74, 6) is -0.0569. The number of rotatable bonds is 6. The molecule has 2 heterocycles. The molecule has 4 aromatic rings. The van der Waals surface area contributed by atoms with Crippen LogP contribution in [0.2, 0.25) is 0 Å². The van der Waals surface area contributed by atoms with Crippen LogP contribution in [0.4, 0.5) is 0 Å². The van der Waals surface area contributed by atoms with Crippen LogP contribution in [0.25, 0.3) is 21.9 Å². The second-order valence-corrected chi connectivity index (χ2v) is 8.43. The van der Waals surface area contributed by atoms with Crippen LogP contribution in [-0.2, 0) is 21.4 Å². The van der Waals surface area contributed by atoms with Crippen LogP contribution in [-0.4, -0.2) is 25.2 Å². The first-order chi connectivity index (χ1) is 12.8. The van der Waals surface area contributed by atoms with Crippen molar-refractivity contribution in [3.05, 3.63) is 66.1 Å². The predicted octanol–water partition coefficient (Wildman–Crippen LogP) is 2.90. The van der Waals surface area contributed by atoms with Crippen LogP contribution in [0.3, 0.4) is 0 Å². The summed E-state index contributed by atoms with van der Waals surface area (Å²) in [6.45, 7) is 1.27. The van der Waals surface area contributed by atoms with E-state index in [0.717, 1.165) is 5.39 Å². The van der Waals surface area contributed by atoms with Crippen molar-refractivity contribution in [3.8, 4) is 0 Å². The smallest absolute Gasteiger partial charge is 0.217 e. The molecule has 140 valence electrons. The maximum absolute atomic E-state index is 12.5. The van der Waals surface area contributed by atoms with Gasteiger partial charge in [-0.05, 0) is 31.2 Å². The molecule has 27 heavy (non-hydrogen) atoms. The molecular formula is C19H18N2O5S. The molecule has 1 unspecified atom stereocenters. The van der Waals surface area contributed by atoms with Gasteiger partial charge < -0.3 is 14.0 Å². The molecule has 0 aliphatic rings. The highest BCUT2D eigenvalue weighted by molar-refractivity contribution is 7.88. The molecular weight excluding hydrogens is 368 g/mol. The molecule has 0 bridgehead atoms. The number of benzene rings is 2. The van der Waals surface area contributed by atoms with Crippen LogP contribution in [0.15, 0.2) is 63.5 Å². The summed E-state index contributed by atoms with van der Waals surface area (Å²) >= 11 is 0. The molecule has 2 aromatic carbocycles. The molecule has 2 N–H and O–H groups in total. The van der Waals surface area contributed by atoms with Gasteiger partial charge in [0, 0.05) is 17.3 Å². The number of fused-ring (bicyclic) bond motifs is 2. The lowest BCUT2D eigenvalue weighted by atomic mass is 10.0. The zero-order valence-electron chi connectivity index (χ0n) is 14.5. The Morgan fingerprint density at radius 2 is 1.81 bits per heavy atom. The van der Waals surface area contributed by atoms with Gasteiger partial charge in [0.2, 0.25) is 10.0 Å². The van der Waals surface area contributed by atoms with Gasteiger partial charge in [0.15, 0.2) is 5.58 Å². The van der Waals surface area contributed by atoms with Crippen LogP contribution < -0.4 is 4.72 Å². The lowest BCUT2D eigenvalue weighted by Gasteiger charge is -2.21. The van der Waals surface area contributed by atoms with Gasteiger partial charge in [-0.1, -0.05) is 35.5 Å². The zero-order valence-corrected chi connectivity index (χ0v) is 15.4. The lowest BCUT2D eigenvalue weighted by Crippen LogP contribution is -2.38. The SMILES string of the molecule is CC(O)(CNS(=O)(=O)Cc1noc2ccccc12)c1cc2ccccc2o1. The summed E-state index contributed by atoms with van der Waals surface area (Å²) in [5, 5.41) is 16.0. The molecule has 0 saturated carbocycles. The summed E-state index contributed by atoms with van der Waals surface area (Å²) in [4.78, 5) is 0. The molecule has 7 nitrogen and oxygen atoms in total. The Bertz CT molecular complexity index is 1170. The van der Waals surface area contributed by atoms with Gasteiger partial charge in [0.1, 0.15) is 28.4 Å². The Hall–Kier alpha value is -2.68. The third-order valence-electron chi connectivity index (χ3n) is 4.37. The van der Waals surface area contributed by atoms with Crippen molar-refractivity contribution in [2.75, 3.05) is 6.54 Å². The van der Waals surface area contributed by atoms with E-state index in [1.54, 1.807) is 36.4 Å². The average molecular weight is 386 g/mol. The molecule has 0 fully saturated rings. The minimum atomic E-state index is -3.74. The van der Waals surface area contributed by atoms with Crippen molar-refractivity contribution in [1.82, 2.24) is 9.88 Å². The number of aromatic nitrogens is 1. The van der Waals surface area contributed by atoms with E-state index in [4.69, 9.17) is 8.94 Å². The van der Waals surface area contributed by atoms with Gasteiger partial charge in [-0.25, -0.2) is 13.1 Å². The normalized spacial score (nSPS) is 14.6. The van der Waals surface area contributed by atoms with Crippen LogP contribution in [0.1, 0.15) is 18.4 Å². The zero-order chi connectivity index (χ0) is 19.1. The summed E-state index contributed by atoms with van der Waals surface area (Å²) in [6.07, 6.45) is 0. The molecule has 0 spiro atoms. The lowest BCUT2D eigenvalue weighted by molar-refractivity contribution is 0.0411. The fraction of sp³-hybridized carbons (Fsp3) is 0.211. The maximum Gasteiger partial charge on any atom is 0.217 e. The van der Waals surface area contributed by atoms with Crippen molar-refractivity contribution in [1.29, 1.82) is 0 Å². The number of nitrogens with zero attached hydrogens (tertiary/aromatic N) is 1. The van der Waals surface area contributed by atoms with Gasteiger partial charge in [-0.3, -0.25) is 0 Å². The van der Waals surface area contributed by atoms with Gasteiger partial charge in [0.25, 0.3) is 0 Å². The number of hydrogen-bond acceptors (Lipinski definition) is 6. The van der Waals surface area contributed by atoms with Gasteiger partial charge in [-0.15, -0.1) is 0 Å². The van der Waals surface area contributed by atoms with Gasteiger partial charge >= 0.3 is 0 Å². The highest BCUT2D eigenvalue weighted by Gasteiger charge is 2.30. The molecule has 0 aliphatic heterocycles. The van der Waals surface area contributed by atoms with Gasteiger partial charge in [0.05, 0.1) is 0 Å². The van der Waals surface area contributed by atoms with E-state index >= 15 is 0 Å². The second kappa shape index (κ2) is 6.49. The fourth-order valence-corrected chi connectivity index (χ4v) is 4.03. The van der Waals surface area contributed by atoms with E-state index in [1.807, 2.05) is 18.2 Å². The van der Waals surface area contributed by atoms with Crippen molar-refractivity contribution in [2.24, 2.45) is 0 Å². The number of hydrogen-bond donors (Lipinski definition) is 2. The standard InChI is InChI=1S/C19H18N2O5S/c1-19(22,18-10-13-6-2-4-8-16(13)25-18)12-20-27(23,24)11-15-14-7-3-5-9-17(14)26-21-15/h2-10,20,22H,11-12H2,1H3. The number of aliphatic hydroxyl groups is 1. The number of furan rings is 1. The Morgan fingerprint density at radius 1 is 1.11 bits per heavy atom. The van der Waals surface area contributed by atoms with E-state index in [0.29, 0.717) is 28.0 Å². The molecule has 0 amide bonds. The largest absolute Gasteiger partial charge is 0.458 e. The molecule has 0 radical (unpaired) electrons. The summed E-state index contributed by atoms with van der Waals surface area (Å²) in [7, 11) is -3.74. The summed E-state index contributed by atoms with van der Waals surface area (Å²) in [5.41, 5.74) is -0.0269. The Kier molecular flexibility index (Phi) is 4.26. The molecule has 2 aromatic heterocycles. The fourth-order valence-electron chi connectivity index (χ4n) is 2.86. The first-order valence-corrected chi connectivity index (χ1v) is 10.0. The molecule has 0 aliphatic carbocycles. The minimum absolute atomic E-state index is 0.231. The summed E-state index contributed by atoms with van der Waals surface area (Å²) in [6, 6.07) is 16.1. The van der Waals surface area contributed by atoms with Crippen LogP contribution >= 0.6 is 0 Å². The Balaban J connectivity index is 1.50. The minimum Gasteiger partial charge on any atom is -0.458 e. The van der Waals surface area contributed by atoms with E-state index < -0.39 is 15.6 Å². The van der Waals surface area contributed by atoms with Crippen LogP contribution in [0.5, 0.6) is 0 Å². The number of nitrogens with one attached hydrogen (secondary N) is 1. The summed E-state index contributed by atoms with van der Waals surface area (Å²) < 4.78 is 38.1. The highest BCUT2D eigenvalue weighted by Crippen LogP contribution is 2.28. The third kappa shape index (κ3) is 3.59. The first-order valence-electron chi connectivity index (χ1n) is 8.36. The predicted molar refractivity (Wildman–Crippen MR) is 100 cm³/mol. The molecule has 0 saturated heterocycles. The Labute approximate surface area is 155 Å². The molecule has 4 rings (SSSR count). The average Bonchev–Trinajstić information content (AvgIpc) is 3.25. The number of para-hydroxylation sites is 2. The second-order valence-electron chi connectivity index (χ2n) is 6.63. The van der Waals surface area contributed by atoms with E-state index in [9.17, 15) is 13.5 Å². The van der Waals surface area contributed by atoms with Crippen molar-refractivity contribution < 1.29 is 22.5 Å². The maximum atomic E-state index is 12.5. The van der Waals surface area contributed by atoms with Crippen LogP contribution in [0, 0.1) is 0 Å². The van der Waals surface area contributed by atoms with E-state index in [-0.39, 0.29) is 12.3 Å². The number of sulfonamides is 1. The highest BCUT2D eigenvalue weighted by atomic mass is 32.2. The van der Waals surface area contributed by atoms with Crippen molar-refractivity contribution in [3.63, 3.8) is 0 Å². The van der Waals surface area contributed by atoms with Crippen molar-refractivity contribution >= 4 is 32.0 Å². The molecule has 8 heteroatoms. The Morgan fingerprint density at radius 3 is 2.59 bits per heavy atom. The first kappa shape index (κ1) is 17.7. The van der Waals surface area contributed by atoms with E-state index in [1.165, 1.54) is 6.92 Å². The third-order valence-corrected chi connectivity index (χ3v) is 5.61. The van der Waals surface area contributed by atoms with E-state index in [2.05, 4.69) is 9.88 Å².